The van der Waals surface area contributed by atoms with Crippen LogP contribution in [0.4, 0.5) is 0 Å². The molecule has 0 unspecified atom stereocenters. The van der Waals surface area contributed by atoms with Gasteiger partial charge < -0.3 is 9.72 Å². The van der Waals surface area contributed by atoms with Crippen LogP contribution in [0.2, 0.25) is 0 Å². The number of aromatic amines is 1. The first kappa shape index (κ1) is 14.7. The lowest BCUT2D eigenvalue weighted by atomic mass is 9.98. The minimum atomic E-state index is -0.0513. The number of ketones is 1. The number of methoxy groups -OCH3 is 1. The van der Waals surface area contributed by atoms with E-state index in [0.717, 1.165) is 16.5 Å². The van der Waals surface area contributed by atoms with Gasteiger partial charge in [-0.1, -0.05) is 12.1 Å². The summed E-state index contributed by atoms with van der Waals surface area (Å²) in [6, 6.07) is 11.2. The summed E-state index contributed by atoms with van der Waals surface area (Å²) in [6.45, 7) is 0. The Hall–Kier alpha value is -2.92. The van der Waals surface area contributed by atoms with E-state index in [4.69, 9.17) is 4.74 Å². The first-order chi connectivity index (χ1) is 11.8. The second kappa shape index (κ2) is 5.94. The van der Waals surface area contributed by atoms with Crippen LogP contribution in [0.5, 0.6) is 5.75 Å². The maximum Gasteiger partial charge on any atom is 0.195 e. The number of hydrogen-bond donors (Lipinski definition) is 1. The molecule has 0 fully saturated rings. The van der Waals surface area contributed by atoms with E-state index < -0.39 is 0 Å². The molecule has 1 N–H and O–H groups in total. The van der Waals surface area contributed by atoms with Gasteiger partial charge in [0.25, 0.3) is 0 Å². The molecule has 0 amide bonds. The van der Waals surface area contributed by atoms with E-state index in [-0.39, 0.29) is 5.78 Å². The van der Waals surface area contributed by atoms with Gasteiger partial charge in [-0.3, -0.25) is 4.79 Å². The third-order valence-corrected chi connectivity index (χ3v) is 4.67. The number of aromatic nitrogens is 2. The van der Waals surface area contributed by atoms with Crippen molar-refractivity contribution < 1.29 is 9.53 Å². The molecular weight excluding hydrogens is 320 g/mol. The average Bonchev–Trinajstić information content (AvgIpc) is 3.30. The second-order valence-electron chi connectivity index (χ2n) is 5.36. The van der Waals surface area contributed by atoms with E-state index in [1.54, 1.807) is 43.0 Å². The molecule has 4 nitrogen and oxygen atoms in total. The van der Waals surface area contributed by atoms with Gasteiger partial charge in [0.2, 0.25) is 0 Å². The number of fused-ring (bicyclic) bond motifs is 1. The van der Waals surface area contributed by atoms with Gasteiger partial charge in [0, 0.05) is 23.3 Å². The zero-order chi connectivity index (χ0) is 16.5. The van der Waals surface area contributed by atoms with Crippen molar-refractivity contribution in [2.45, 2.75) is 0 Å². The number of nitrogens with one attached hydrogen (secondary N) is 1. The number of benzene rings is 1. The van der Waals surface area contributed by atoms with Crippen LogP contribution in [0.25, 0.3) is 22.2 Å². The molecule has 0 bridgehead atoms. The topological polar surface area (TPSA) is 55.0 Å². The van der Waals surface area contributed by atoms with Gasteiger partial charge in [-0.15, -0.1) is 0 Å². The summed E-state index contributed by atoms with van der Waals surface area (Å²) in [4.78, 5) is 20.5. The van der Waals surface area contributed by atoms with Crippen LogP contribution in [0.3, 0.4) is 0 Å². The van der Waals surface area contributed by atoms with Crippen LogP contribution in [0, 0.1) is 0 Å². The van der Waals surface area contributed by atoms with Gasteiger partial charge >= 0.3 is 0 Å². The summed E-state index contributed by atoms with van der Waals surface area (Å²) in [7, 11) is 1.59. The van der Waals surface area contributed by atoms with Crippen molar-refractivity contribution in [3.05, 3.63) is 70.7 Å². The van der Waals surface area contributed by atoms with E-state index in [1.165, 1.54) is 0 Å². The predicted octanol–water partition coefficient (Wildman–Crippen LogP) is 4.53. The number of ether oxygens (including phenoxy) is 1. The third-order valence-electron chi connectivity index (χ3n) is 3.98. The summed E-state index contributed by atoms with van der Waals surface area (Å²) in [6.07, 6.45) is 3.49. The van der Waals surface area contributed by atoms with E-state index in [2.05, 4.69) is 15.3 Å². The number of rotatable bonds is 4. The molecule has 0 spiro atoms. The molecule has 0 saturated carbocycles. The van der Waals surface area contributed by atoms with Crippen molar-refractivity contribution in [3.63, 3.8) is 0 Å². The Kier molecular flexibility index (Phi) is 3.63. The lowest BCUT2D eigenvalue weighted by molar-refractivity contribution is 0.104. The van der Waals surface area contributed by atoms with E-state index in [0.29, 0.717) is 22.5 Å². The van der Waals surface area contributed by atoms with Crippen LogP contribution in [-0.4, -0.2) is 22.9 Å². The van der Waals surface area contributed by atoms with Gasteiger partial charge in [0.15, 0.2) is 5.78 Å². The molecule has 0 saturated heterocycles. The van der Waals surface area contributed by atoms with E-state index >= 15 is 0 Å². The van der Waals surface area contributed by atoms with Crippen molar-refractivity contribution in [1.29, 1.82) is 0 Å². The SMILES string of the molecule is COc1cccc(C(=O)c2c[nH]c3nccc(-c4ccsc4)c23)c1. The summed E-state index contributed by atoms with van der Waals surface area (Å²) >= 11 is 1.63. The van der Waals surface area contributed by atoms with Crippen molar-refractivity contribution in [2.24, 2.45) is 0 Å². The van der Waals surface area contributed by atoms with E-state index in [1.807, 2.05) is 29.6 Å². The number of nitrogens with zero attached hydrogens (tertiary/aromatic N) is 1. The highest BCUT2D eigenvalue weighted by Crippen LogP contribution is 2.32. The van der Waals surface area contributed by atoms with Crippen molar-refractivity contribution >= 4 is 28.2 Å². The number of carbonyl (C=O) groups excluding carboxylic acids is 1. The fourth-order valence-corrected chi connectivity index (χ4v) is 3.47. The molecule has 118 valence electrons. The quantitative estimate of drug-likeness (QED) is 0.558. The number of pyridine rings is 1. The summed E-state index contributed by atoms with van der Waals surface area (Å²) in [5.41, 5.74) is 4.02. The van der Waals surface area contributed by atoms with Gasteiger partial charge in [-0.05, 0) is 46.2 Å². The first-order valence-electron chi connectivity index (χ1n) is 7.45. The minimum absolute atomic E-state index is 0.0513. The number of H-pyrrole nitrogens is 1. The average molecular weight is 334 g/mol. The van der Waals surface area contributed by atoms with Crippen LogP contribution in [0.1, 0.15) is 15.9 Å². The first-order valence-corrected chi connectivity index (χ1v) is 8.39. The Bertz CT molecular complexity index is 1020. The molecule has 5 heteroatoms. The van der Waals surface area contributed by atoms with Crippen LogP contribution in [-0.2, 0) is 0 Å². The third kappa shape index (κ3) is 2.39. The Morgan fingerprint density at radius 1 is 1.25 bits per heavy atom. The van der Waals surface area contributed by atoms with Gasteiger partial charge in [-0.25, -0.2) is 4.98 Å². The Labute approximate surface area is 142 Å². The molecule has 0 atom stereocenters. The maximum absolute atomic E-state index is 13.0. The Morgan fingerprint density at radius 3 is 2.96 bits per heavy atom. The van der Waals surface area contributed by atoms with Crippen LogP contribution >= 0.6 is 11.3 Å². The molecule has 0 aliphatic heterocycles. The molecule has 1 aromatic carbocycles. The summed E-state index contributed by atoms with van der Waals surface area (Å²) in [5.74, 6) is 0.613. The second-order valence-corrected chi connectivity index (χ2v) is 6.14. The van der Waals surface area contributed by atoms with Gasteiger partial charge in [0.05, 0.1) is 12.7 Å². The highest BCUT2D eigenvalue weighted by molar-refractivity contribution is 7.08. The van der Waals surface area contributed by atoms with Crippen molar-refractivity contribution in [1.82, 2.24) is 9.97 Å². The highest BCUT2D eigenvalue weighted by Gasteiger charge is 2.18. The molecule has 0 radical (unpaired) electrons. The Balaban J connectivity index is 1.89. The molecule has 3 aromatic heterocycles. The molecular formula is C19H14N2O2S. The smallest absolute Gasteiger partial charge is 0.195 e. The highest BCUT2D eigenvalue weighted by atomic mass is 32.1. The predicted molar refractivity (Wildman–Crippen MR) is 95.8 cm³/mol. The fraction of sp³-hybridized carbons (Fsp3) is 0.0526. The zero-order valence-corrected chi connectivity index (χ0v) is 13.8. The molecule has 0 aliphatic carbocycles. The zero-order valence-electron chi connectivity index (χ0n) is 12.9. The molecule has 3 heterocycles. The van der Waals surface area contributed by atoms with E-state index in [9.17, 15) is 4.79 Å². The van der Waals surface area contributed by atoms with Crippen molar-refractivity contribution in [3.8, 4) is 16.9 Å². The Morgan fingerprint density at radius 2 is 2.17 bits per heavy atom. The molecule has 4 aromatic rings. The number of hydrogen-bond acceptors (Lipinski definition) is 4. The monoisotopic (exact) mass is 334 g/mol. The minimum Gasteiger partial charge on any atom is -0.497 e. The lowest BCUT2D eigenvalue weighted by Crippen LogP contribution is -2.01. The lowest BCUT2D eigenvalue weighted by Gasteiger charge is -2.05. The van der Waals surface area contributed by atoms with Gasteiger partial charge in [0.1, 0.15) is 11.4 Å². The fourth-order valence-electron chi connectivity index (χ4n) is 2.81. The van der Waals surface area contributed by atoms with Crippen LogP contribution < -0.4 is 4.74 Å². The largest absolute Gasteiger partial charge is 0.497 e. The summed E-state index contributed by atoms with van der Waals surface area (Å²) < 4.78 is 5.22. The normalized spacial score (nSPS) is 10.9. The molecule has 0 aliphatic rings. The van der Waals surface area contributed by atoms with Crippen molar-refractivity contribution in [2.75, 3.05) is 7.11 Å². The van der Waals surface area contributed by atoms with Crippen LogP contribution in [0.15, 0.2) is 59.6 Å². The molecule has 4 rings (SSSR count). The number of thiophene rings is 1. The van der Waals surface area contributed by atoms with Gasteiger partial charge in [-0.2, -0.15) is 11.3 Å². The molecule has 24 heavy (non-hydrogen) atoms. The summed E-state index contributed by atoms with van der Waals surface area (Å²) in [5, 5.41) is 4.95. The standard InChI is InChI=1S/C19H14N2O2S/c1-23-14-4-2-3-12(9-14)18(22)16-10-21-19-17(16)15(5-7-20-19)13-6-8-24-11-13/h2-11H,1H3,(H,20,21). The maximum atomic E-state index is 13.0. The number of carbonyl (C=O) groups is 1.